The molecule has 0 aromatic heterocycles. The van der Waals surface area contributed by atoms with E-state index in [1.165, 1.54) is 12.8 Å². The van der Waals surface area contributed by atoms with Gasteiger partial charge in [-0.15, -0.1) is 0 Å². The van der Waals surface area contributed by atoms with E-state index in [0.717, 1.165) is 13.0 Å². The Kier molecular flexibility index (Phi) is 2.93. The largest absolute Gasteiger partial charge is 0.390 e. The maximum Gasteiger partial charge on any atom is 0.154 e. The minimum absolute atomic E-state index is 0.0576. The molecule has 1 aliphatic carbocycles. The van der Waals surface area contributed by atoms with Gasteiger partial charge in [-0.1, -0.05) is 0 Å². The van der Waals surface area contributed by atoms with Crippen LogP contribution in [0.25, 0.3) is 0 Å². The molecule has 0 bridgehead atoms. The number of hydrogen-bond donors (Lipinski definition) is 2. The Morgan fingerprint density at radius 1 is 1.12 bits per heavy atom. The molecule has 6 heteroatoms. The molecule has 0 spiro atoms. The molecule has 2 aliphatic heterocycles. The van der Waals surface area contributed by atoms with E-state index in [1.54, 1.807) is 0 Å². The van der Waals surface area contributed by atoms with Crippen LogP contribution in [0.5, 0.6) is 0 Å². The van der Waals surface area contributed by atoms with Gasteiger partial charge in [0.15, 0.2) is 9.84 Å². The fraction of sp³-hybridized carbons (Fsp3) is 1.00. The van der Waals surface area contributed by atoms with Gasteiger partial charge in [-0.05, 0) is 25.2 Å². The van der Waals surface area contributed by atoms with Crippen molar-refractivity contribution in [3.8, 4) is 0 Å². The fourth-order valence-electron chi connectivity index (χ4n) is 2.94. The molecule has 2 saturated heterocycles. The van der Waals surface area contributed by atoms with Crippen LogP contribution in [0.3, 0.4) is 0 Å². The Morgan fingerprint density at radius 3 is 2.47 bits per heavy atom. The smallest absolute Gasteiger partial charge is 0.154 e. The van der Waals surface area contributed by atoms with Gasteiger partial charge in [0.2, 0.25) is 0 Å². The van der Waals surface area contributed by atoms with E-state index < -0.39 is 15.9 Å². The Bertz CT molecular complexity index is 392. The van der Waals surface area contributed by atoms with Crippen molar-refractivity contribution in [3.05, 3.63) is 0 Å². The van der Waals surface area contributed by atoms with Crippen LogP contribution >= 0.6 is 0 Å². The predicted octanol–water partition coefficient (Wildman–Crippen LogP) is -0.699. The standard InChI is InChI=1S/C11H19NO4S/c13-10-6-17(14,15)5-9(10)12-8-3-4-16-11(8)7-1-2-7/h7-13H,1-6H2. The number of ether oxygens (including phenoxy) is 1. The first-order valence-electron chi connectivity index (χ1n) is 6.31. The van der Waals surface area contributed by atoms with Gasteiger partial charge in [-0.2, -0.15) is 0 Å². The molecule has 98 valence electrons. The maximum atomic E-state index is 11.4. The monoisotopic (exact) mass is 261 g/mol. The maximum absolute atomic E-state index is 11.4. The van der Waals surface area contributed by atoms with Crippen molar-refractivity contribution in [1.82, 2.24) is 5.32 Å². The summed E-state index contributed by atoms with van der Waals surface area (Å²) in [4.78, 5) is 0. The number of aliphatic hydroxyl groups is 1. The second-order valence-corrected chi connectivity index (χ2v) is 7.64. The summed E-state index contributed by atoms with van der Waals surface area (Å²) in [6.45, 7) is 0.744. The first kappa shape index (κ1) is 11.9. The minimum atomic E-state index is -3.06. The summed E-state index contributed by atoms with van der Waals surface area (Å²) in [5.41, 5.74) is 0. The third-order valence-electron chi connectivity index (χ3n) is 3.97. The molecular formula is C11H19NO4S. The van der Waals surface area contributed by atoms with Crippen LogP contribution in [-0.4, -0.2) is 55.9 Å². The summed E-state index contributed by atoms with van der Waals surface area (Å²) in [5, 5.41) is 13.0. The Balaban J connectivity index is 1.63. The Morgan fingerprint density at radius 2 is 1.88 bits per heavy atom. The van der Waals surface area contributed by atoms with E-state index in [1.807, 2.05) is 0 Å². The summed E-state index contributed by atoms with van der Waals surface area (Å²) in [5.74, 6) is 0.596. The van der Waals surface area contributed by atoms with Crippen molar-refractivity contribution >= 4 is 9.84 Å². The zero-order valence-corrected chi connectivity index (χ0v) is 10.5. The van der Waals surface area contributed by atoms with Gasteiger partial charge in [-0.25, -0.2) is 8.42 Å². The van der Waals surface area contributed by atoms with Crippen LogP contribution in [0, 0.1) is 5.92 Å². The quantitative estimate of drug-likeness (QED) is 0.703. The van der Waals surface area contributed by atoms with Crippen molar-refractivity contribution in [3.63, 3.8) is 0 Å². The van der Waals surface area contributed by atoms with Crippen molar-refractivity contribution in [2.24, 2.45) is 5.92 Å². The molecule has 3 aliphatic rings. The van der Waals surface area contributed by atoms with Crippen molar-refractivity contribution < 1.29 is 18.3 Å². The van der Waals surface area contributed by atoms with Crippen LogP contribution in [0.4, 0.5) is 0 Å². The Labute approximate surface area is 101 Å². The second kappa shape index (κ2) is 4.19. The molecule has 0 radical (unpaired) electrons. The van der Waals surface area contributed by atoms with Crippen LogP contribution in [0.1, 0.15) is 19.3 Å². The molecule has 1 saturated carbocycles. The minimum Gasteiger partial charge on any atom is -0.390 e. The van der Waals surface area contributed by atoms with Gasteiger partial charge in [0, 0.05) is 18.7 Å². The van der Waals surface area contributed by atoms with Crippen LogP contribution in [-0.2, 0) is 14.6 Å². The summed E-state index contributed by atoms with van der Waals surface area (Å²) < 4.78 is 28.5. The van der Waals surface area contributed by atoms with E-state index in [0.29, 0.717) is 5.92 Å². The van der Waals surface area contributed by atoms with E-state index in [-0.39, 0.29) is 29.7 Å². The highest BCUT2D eigenvalue weighted by molar-refractivity contribution is 7.91. The van der Waals surface area contributed by atoms with Crippen LogP contribution in [0.2, 0.25) is 0 Å². The van der Waals surface area contributed by atoms with E-state index in [9.17, 15) is 13.5 Å². The first-order chi connectivity index (χ1) is 8.05. The highest BCUT2D eigenvalue weighted by atomic mass is 32.2. The van der Waals surface area contributed by atoms with Crippen molar-refractivity contribution in [2.45, 2.75) is 43.6 Å². The second-order valence-electron chi connectivity index (χ2n) is 5.49. The first-order valence-corrected chi connectivity index (χ1v) is 8.13. The van der Waals surface area contributed by atoms with Gasteiger partial charge in [0.25, 0.3) is 0 Å². The predicted molar refractivity (Wildman–Crippen MR) is 62.5 cm³/mol. The number of aliphatic hydroxyl groups excluding tert-OH is 1. The van der Waals surface area contributed by atoms with Crippen LogP contribution in [0.15, 0.2) is 0 Å². The molecule has 0 amide bonds. The van der Waals surface area contributed by atoms with Crippen molar-refractivity contribution in [1.29, 1.82) is 0 Å². The topological polar surface area (TPSA) is 75.6 Å². The van der Waals surface area contributed by atoms with E-state index in [2.05, 4.69) is 5.32 Å². The van der Waals surface area contributed by atoms with Gasteiger partial charge in [0.05, 0.1) is 23.7 Å². The fourth-order valence-corrected chi connectivity index (χ4v) is 4.70. The summed E-state index contributed by atoms with van der Waals surface area (Å²) in [6, 6.07) is -0.0941. The summed E-state index contributed by atoms with van der Waals surface area (Å²) in [6.07, 6.45) is 2.82. The molecule has 0 aromatic carbocycles. The zero-order valence-electron chi connectivity index (χ0n) is 9.71. The molecule has 3 fully saturated rings. The van der Waals surface area contributed by atoms with Gasteiger partial charge in [0.1, 0.15) is 0 Å². The highest BCUT2D eigenvalue weighted by Crippen LogP contribution is 2.39. The van der Waals surface area contributed by atoms with Gasteiger partial charge >= 0.3 is 0 Å². The number of rotatable bonds is 3. The zero-order chi connectivity index (χ0) is 12.0. The SMILES string of the molecule is O=S1(=O)CC(O)C(NC2CCOC2C2CC2)C1. The van der Waals surface area contributed by atoms with Crippen molar-refractivity contribution in [2.75, 3.05) is 18.1 Å². The molecule has 17 heavy (non-hydrogen) atoms. The molecule has 3 rings (SSSR count). The molecule has 2 heterocycles. The lowest BCUT2D eigenvalue weighted by molar-refractivity contribution is 0.0732. The van der Waals surface area contributed by atoms with E-state index in [4.69, 9.17) is 4.74 Å². The summed E-state index contributed by atoms with van der Waals surface area (Å²) in [7, 11) is -3.06. The molecule has 4 unspecified atom stereocenters. The third-order valence-corrected chi connectivity index (χ3v) is 5.69. The Hall–Kier alpha value is -0.170. The lowest BCUT2D eigenvalue weighted by atomic mass is 10.0. The number of sulfone groups is 1. The average molecular weight is 261 g/mol. The molecule has 4 atom stereocenters. The molecular weight excluding hydrogens is 242 g/mol. The highest BCUT2D eigenvalue weighted by Gasteiger charge is 2.44. The van der Waals surface area contributed by atoms with Crippen LogP contribution < -0.4 is 5.32 Å². The molecule has 5 nitrogen and oxygen atoms in total. The number of nitrogens with one attached hydrogen (secondary N) is 1. The molecule has 0 aromatic rings. The third kappa shape index (κ3) is 2.50. The summed E-state index contributed by atoms with van der Waals surface area (Å²) >= 11 is 0. The van der Waals surface area contributed by atoms with E-state index >= 15 is 0 Å². The lowest BCUT2D eigenvalue weighted by Crippen LogP contribution is -2.48. The van der Waals surface area contributed by atoms with Gasteiger partial charge < -0.3 is 15.2 Å². The average Bonchev–Trinajstić information content (AvgIpc) is 2.91. The molecule has 2 N–H and O–H groups in total. The number of hydrogen-bond acceptors (Lipinski definition) is 5. The normalized spacial score (nSPS) is 45.2. The van der Waals surface area contributed by atoms with Gasteiger partial charge in [-0.3, -0.25) is 0 Å². The lowest BCUT2D eigenvalue weighted by Gasteiger charge is -2.24.